The SMILES string of the molecule is O=C(Nc1cc2c(N3CCOCC3)ncnc2[nH]1)C1(O)CCNCC1. The molecule has 1 amide bonds. The van der Waals surface area contributed by atoms with Crippen molar-refractivity contribution in [2.75, 3.05) is 49.6 Å². The van der Waals surface area contributed by atoms with Gasteiger partial charge in [-0.05, 0) is 32.0 Å². The zero-order valence-corrected chi connectivity index (χ0v) is 13.9. The van der Waals surface area contributed by atoms with E-state index in [-0.39, 0.29) is 5.91 Å². The first-order valence-electron chi connectivity index (χ1n) is 8.57. The molecule has 2 aliphatic rings. The number of anilines is 2. The maximum absolute atomic E-state index is 12.5. The number of ether oxygens (including phenoxy) is 1. The van der Waals surface area contributed by atoms with Crippen LogP contribution in [0.2, 0.25) is 0 Å². The van der Waals surface area contributed by atoms with E-state index >= 15 is 0 Å². The Hall–Kier alpha value is -2.23. The number of nitrogens with zero attached hydrogens (tertiary/aromatic N) is 3. The molecule has 4 heterocycles. The quantitative estimate of drug-likeness (QED) is 0.611. The van der Waals surface area contributed by atoms with Gasteiger partial charge >= 0.3 is 0 Å². The second-order valence-electron chi connectivity index (χ2n) is 6.48. The smallest absolute Gasteiger partial charge is 0.257 e. The number of carbonyl (C=O) groups excluding carboxylic acids is 1. The molecule has 134 valence electrons. The van der Waals surface area contributed by atoms with Gasteiger partial charge in [0.1, 0.15) is 29.2 Å². The minimum absolute atomic E-state index is 0.388. The van der Waals surface area contributed by atoms with E-state index in [9.17, 15) is 9.90 Å². The average molecular weight is 346 g/mol. The first-order chi connectivity index (χ1) is 12.2. The van der Waals surface area contributed by atoms with E-state index in [0.29, 0.717) is 50.6 Å². The summed E-state index contributed by atoms with van der Waals surface area (Å²) in [6.07, 6.45) is 2.31. The number of morpholine rings is 1. The van der Waals surface area contributed by atoms with Gasteiger partial charge < -0.3 is 30.4 Å². The van der Waals surface area contributed by atoms with Gasteiger partial charge in [-0.15, -0.1) is 0 Å². The molecule has 2 aromatic rings. The number of piperidine rings is 1. The van der Waals surface area contributed by atoms with Gasteiger partial charge in [0, 0.05) is 13.1 Å². The van der Waals surface area contributed by atoms with Crippen LogP contribution >= 0.6 is 0 Å². The zero-order chi connectivity index (χ0) is 17.3. The summed E-state index contributed by atoms with van der Waals surface area (Å²) in [4.78, 5) is 26.4. The molecule has 0 radical (unpaired) electrons. The Labute approximate surface area is 144 Å². The summed E-state index contributed by atoms with van der Waals surface area (Å²) in [7, 11) is 0. The Bertz CT molecular complexity index is 764. The fourth-order valence-electron chi connectivity index (χ4n) is 3.33. The zero-order valence-electron chi connectivity index (χ0n) is 13.9. The molecule has 0 spiro atoms. The van der Waals surface area contributed by atoms with Crippen molar-refractivity contribution < 1.29 is 14.6 Å². The van der Waals surface area contributed by atoms with Crippen LogP contribution in [0, 0.1) is 0 Å². The molecule has 0 bridgehead atoms. The number of fused-ring (bicyclic) bond motifs is 1. The molecule has 2 aromatic heterocycles. The second-order valence-corrected chi connectivity index (χ2v) is 6.48. The van der Waals surface area contributed by atoms with Crippen molar-refractivity contribution in [1.29, 1.82) is 0 Å². The van der Waals surface area contributed by atoms with Crippen molar-refractivity contribution in [3.05, 3.63) is 12.4 Å². The van der Waals surface area contributed by atoms with Crippen LogP contribution in [0.1, 0.15) is 12.8 Å². The summed E-state index contributed by atoms with van der Waals surface area (Å²) < 4.78 is 5.39. The van der Waals surface area contributed by atoms with E-state index in [1.54, 1.807) is 0 Å². The minimum atomic E-state index is -1.33. The second kappa shape index (κ2) is 6.58. The number of aliphatic hydroxyl groups is 1. The molecule has 25 heavy (non-hydrogen) atoms. The number of amides is 1. The number of hydrogen-bond acceptors (Lipinski definition) is 7. The number of rotatable bonds is 3. The van der Waals surface area contributed by atoms with Crippen molar-refractivity contribution in [2.24, 2.45) is 0 Å². The summed E-state index contributed by atoms with van der Waals surface area (Å²) in [5, 5.41) is 17.3. The van der Waals surface area contributed by atoms with E-state index in [1.165, 1.54) is 6.33 Å². The van der Waals surface area contributed by atoms with E-state index in [4.69, 9.17) is 4.74 Å². The Morgan fingerprint density at radius 2 is 2.04 bits per heavy atom. The van der Waals surface area contributed by atoms with Gasteiger partial charge in [0.15, 0.2) is 0 Å². The van der Waals surface area contributed by atoms with Crippen molar-refractivity contribution in [2.45, 2.75) is 18.4 Å². The highest BCUT2D eigenvalue weighted by Crippen LogP contribution is 2.27. The molecule has 0 saturated carbocycles. The van der Waals surface area contributed by atoms with Crippen LogP contribution in [0.4, 0.5) is 11.6 Å². The minimum Gasteiger partial charge on any atom is -0.380 e. The van der Waals surface area contributed by atoms with Gasteiger partial charge in [-0.2, -0.15) is 0 Å². The Morgan fingerprint density at radius 3 is 2.80 bits per heavy atom. The maximum atomic E-state index is 12.5. The van der Waals surface area contributed by atoms with Crippen LogP contribution in [-0.4, -0.2) is 71.0 Å². The molecule has 2 aliphatic heterocycles. The van der Waals surface area contributed by atoms with Crippen LogP contribution in [0.3, 0.4) is 0 Å². The van der Waals surface area contributed by atoms with E-state index in [2.05, 4.69) is 30.5 Å². The number of nitrogens with one attached hydrogen (secondary N) is 3. The van der Waals surface area contributed by atoms with Crippen LogP contribution in [0.5, 0.6) is 0 Å². The van der Waals surface area contributed by atoms with Crippen LogP contribution in [-0.2, 0) is 9.53 Å². The van der Waals surface area contributed by atoms with Crippen molar-refractivity contribution in [3.8, 4) is 0 Å². The largest absolute Gasteiger partial charge is 0.380 e. The molecule has 0 atom stereocenters. The molecule has 2 saturated heterocycles. The van der Waals surface area contributed by atoms with Crippen molar-refractivity contribution in [3.63, 3.8) is 0 Å². The van der Waals surface area contributed by atoms with Gasteiger partial charge in [-0.25, -0.2) is 9.97 Å². The maximum Gasteiger partial charge on any atom is 0.257 e. The lowest BCUT2D eigenvalue weighted by Crippen LogP contribution is -2.50. The molecule has 9 heteroatoms. The highest BCUT2D eigenvalue weighted by molar-refractivity contribution is 6.00. The molecule has 4 N–H and O–H groups in total. The number of hydrogen-bond donors (Lipinski definition) is 4. The normalized spacial score (nSPS) is 20.6. The van der Waals surface area contributed by atoms with Crippen molar-refractivity contribution >= 4 is 28.6 Å². The molecular formula is C16H22N6O3. The average Bonchev–Trinajstić information content (AvgIpc) is 3.05. The summed E-state index contributed by atoms with van der Waals surface area (Å²) >= 11 is 0. The molecular weight excluding hydrogens is 324 g/mol. The summed E-state index contributed by atoms with van der Waals surface area (Å²) in [5.41, 5.74) is -0.676. The highest BCUT2D eigenvalue weighted by Gasteiger charge is 2.37. The van der Waals surface area contributed by atoms with Gasteiger partial charge in [0.25, 0.3) is 5.91 Å². The fraction of sp³-hybridized carbons (Fsp3) is 0.562. The molecule has 0 unspecified atom stereocenters. The molecule has 4 rings (SSSR count). The van der Waals surface area contributed by atoms with E-state index in [0.717, 1.165) is 24.3 Å². The number of aromatic nitrogens is 3. The third-order valence-corrected chi connectivity index (χ3v) is 4.82. The first kappa shape index (κ1) is 16.2. The highest BCUT2D eigenvalue weighted by atomic mass is 16.5. The van der Waals surface area contributed by atoms with Crippen LogP contribution in [0.15, 0.2) is 12.4 Å². The van der Waals surface area contributed by atoms with Gasteiger partial charge in [-0.1, -0.05) is 0 Å². The lowest BCUT2D eigenvalue weighted by Gasteiger charge is -2.30. The predicted molar refractivity (Wildman–Crippen MR) is 92.6 cm³/mol. The van der Waals surface area contributed by atoms with Gasteiger partial charge in [-0.3, -0.25) is 4.79 Å². The number of aromatic amines is 1. The molecule has 0 aliphatic carbocycles. The lowest BCUT2D eigenvalue weighted by atomic mass is 9.91. The predicted octanol–water partition coefficient (Wildman–Crippen LogP) is -0.152. The monoisotopic (exact) mass is 346 g/mol. The van der Waals surface area contributed by atoms with Crippen LogP contribution in [0.25, 0.3) is 11.0 Å². The van der Waals surface area contributed by atoms with Crippen molar-refractivity contribution in [1.82, 2.24) is 20.3 Å². The third kappa shape index (κ3) is 3.17. The van der Waals surface area contributed by atoms with E-state index < -0.39 is 5.60 Å². The van der Waals surface area contributed by atoms with Crippen LogP contribution < -0.4 is 15.5 Å². The van der Waals surface area contributed by atoms with Gasteiger partial charge in [0.05, 0.1) is 18.6 Å². The first-order valence-corrected chi connectivity index (χ1v) is 8.57. The van der Waals surface area contributed by atoms with E-state index in [1.807, 2.05) is 6.07 Å². The summed E-state index contributed by atoms with van der Waals surface area (Å²) in [5.74, 6) is 0.953. The Balaban J connectivity index is 1.57. The number of H-pyrrole nitrogens is 1. The molecule has 9 nitrogen and oxygen atoms in total. The summed E-state index contributed by atoms with van der Waals surface area (Å²) in [6, 6.07) is 1.82. The fourth-order valence-corrected chi connectivity index (χ4v) is 3.33. The Kier molecular flexibility index (Phi) is 4.28. The standard InChI is InChI=1S/C16H22N6O3/c23-15(16(24)1-3-17-4-2-16)21-12-9-11-13(20-12)18-10-19-14(11)22-5-7-25-8-6-22/h9-10,17,24H,1-8H2,(H,21,23)(H,18,19,20). The molecule has 2 fully saturated rings. The lowest BCUT2D eigenvalue weighted by molar-refractivity contribution is -0.136. The third-order valence-electron chi connectivity index (χ3n) is 4.82. The van der Waals surface area contributed by atoms with Gasteiger partial charge in [0.2, 0.25) is 0 Å². The number of carbonyl (C=O) groups is 1. The topological polar surface area (TPSA) is 115 Å². The molecule has 0 aromatic carbocycles. The Morgan fingerprint density at radius 1 is 1.28 bits per heavy atom. The summed E-state index contributed by atoms with van der Waals surface area (Å²) in [6.45, 7) is 4.13.